The maximum Gasteiger partial charge on any atom is 0.0526 e. The van der Waals surface area contributed by atoms with Gasteiger partial charge in [0.05, 0.1) is 5.52 Å². The molecule has 2 aromatic rings. The van der Waals surface area contributed by atoms with E-state index < -0.39 is 0 Å². The third-order valence-electron chi connectivity index (χ3n) is 4.95. The Morgan fingerprint density at radius 2 is 2.25 bits per heavy atom. The summed E-state index contributed by atoms with van der Waals surface area (Å²) in [5, 5.41) is 5.04. The molecule has 0 radical (unpaired) electrons. The van der Waals surface area contributed by atoms with Crippen molar-refractivity contribution < 1.29 is 0 Å². The number of hydrogen-bond acceptors (Lipinski definition) is 1. The molecule has 0 bridgehead atoms. The number of aromatic nitrogens is 1. The summed E-state index contributed by atoms with van der Waals surface area (Å²) in [6.07, 6.45) is 6.35. The van der Waals surface area contributed by atoms with Crippen molar-refractivity contribution in [3.8, 4) is 0 Å². The van der Waals surface area contributed by atoms with Gasteiger partial charge in [-0.25, -0.2) is 0 Å². The van der Waals surface area contributed by atoms with Gasteiger partial charge in [-0.3, -0.25) is 0 Å². The van der Waals surface area contributed by atoms with Crippen molar-refractivity contribution in [2.24, 2.45) is 0 Å². The first-order valence-corrected chi connectivity index (χ1v) is 8.57. The lowest BCUT2D eigenvalue weighted by molar-refractivity contribution is 0.600. The van der Waals surface area contributed by atoms with Gasteiger partial charge in [0.25, 0.3) is 0 Å². The number of nitrogens with one attached hydrogen (secondary N) is 1. The average molecular weight is 333 g/mol. The number of rotatable bonds is 2. The second kappa shape index (κ2) is 4.88. The topological polar surface area (TPSA) is 17.0 Å². The number of nitrogens with zero attached hydrogens (tertiary/aromatic N) is 1. The predicted octanol–water partition coefficient (Wildman–Crippen LogP) is 3.95. The Bertz CT molecular complexity index is 665. The average Bonchev–Trinajstić information content (AvgIpc) is 3.04. The molecule has 2 aliphatic heterocycles. The first kappa shape index (κ1) is 12.9. The molecule has 1 atom stereocenters. The molecular formula is C17H21BrN2. The fourth-order valence-electron chi connectivity index (χ4n) is 3.96. The highest BCUT2D eigenvalue weighted by atomic mass is 79.9. The molecule has 1 aromatic carbocycles. The van der Waals surface area contributed by atoms with E-state index in [1.165, 1.54) is 71.8 Å². The van der Waals surface area contributed by atoms with Crippen LogP contribution in [0.4, 0.5) is 0 Å². The highest BCUT2D eigenvalue weighted by Gasteiger charge is 2.21. The molecule has 2 nitrogen and oxygen atoms in total. The molecule has 1 aromatic heterocycles. The van der Waals surface area contributed by atoms with Gasteiger partial charge < -0.3 is 9.88 Å². The number of halogens is 1. The van der Waals surface area contributed by atoms with Crippen LogP contribution in [0.25, 0.3) is 10.9 Å². The number of benzene rings is 1. The molecule has 0 spiro atoms. The van der Waals surface area contributed by atoms with E-state index in [1.54, 1.807) is 5.56 Å². The molecule has 0 saturated carbocycles. The SMILES string of the molecule is Cc1c(Br)c2cc(CC3CCCN3)cc3c2n1CCC3. The van der Waals surface area contributed by atoms with Crippen molar-refractivity contribution in [2.75, 3.05) is 6.54 Å². The van der Waals surface area contributed by atoms with E-state index in [-0.39, 0.29) is 0 Å². The van der Waals surface area contributed by atoms with E-state index in [4.69, 9.17) is 0 Å². The van der Waals surface area contributed by atoms with Crippen molar-refractivity contribution in [3.63, 3.8) is 0 Å². The molecule has 0 amide bonds. The van der Waals surface area contributed by atoms with E-state index in [0.29, 0.717) is 6.04 Å². The monoisotopic (exact) mass is 332 g/mol. The van der Waals surface area contributed by atoms with E-state index in [1.807, 2.05) is 0 Å². The van der Waals surface area contributed by atoms with E-state index >= 15 is 0 Å². The van der Waals surface area contributed by atoms with Crippen LogP contribution < -0.4 is 5.32 Å². The normalized spacial score (nSPS) is 21.8. The minimum Gasteiger partial charge on any atom is -0.343 e. The zero-order chi connectivity index (χ0) is 13.7. The quantitative estimate of drug-likeness (QED) is 0.880. The maximum absolute atomic E-state index is 3.81. The zero-order valence-electron chi connectivity index (χ0n) is 12.0. The molecular weight excluding hydrogens is 312 g/mol. The Hall–Kier alpha value is -0.800. The molecule has 4 rings (SSSR count). The van der Waals surface area contributed by atoms with Crippen molar-refractivity contribution in [2.45, 2.75) is 51.6 Å². The lowest BCUT2D eigenvalue weighted by atomic mass is 9.96. The fourth-order valence-corrected chi connectivity index (χ4v) is 4.47. The molecule has 1 fully saturated rings. The Labute approximate surface area is 128 Å². The van der Waals surface area contributed by atoms with Gasteiger partial charge in [0.1, 0.15) is 0 Å². The molecule has 0 aliphatic carbocycles. The lowest BCUT2D eigenvalue weighted by Gasteiger charge is -2.19. The Morgan fingerprint density at radius 1 is 1.35 bits per heavy atom. The summed E-state index contributed by atoms with van der Waals surface area (Å²) in [4.78, 5) is 0. The summed E-state index contributed by atoms with van der Waals surface area (Å²) in [7, 11) is 0. The van der Waals surface area contributed by atoms with Crippen molar-refractivity contribution in [1.29, 1.82) is 0 Å². The maximum atomic E-state index is 3.81. The smallest absolute Gasteiger partial charge is 0.0526 e. The van der Waals surface area contributed by atoms with Crippen molar-refractivity contribution in [1.82, 2.24) is 9.88 Å². The summed E-state index contributed by atoms with van der Waals surface area (Å²) in [5.74, 6) is 0. The highest BCUT2D eigenvalue weighted by molar-refractivity contribution is 9.10. The van der Waals surface area contributed by atoms with Crippen LogP contribution in [-0.4, -0.2) is 17.2 Å². The molecule has 3 heteroatoms. The van der Waals surface area contributed by atoms with Crippen molar-refractivity contribution >= 4 is 26.8 Å². The minimum absolute atomic E-state index is 0.685. The molecule has 3 heterocycles. The summed E-state index contributed by atoms with van der Waals surface area (Å²) >= 11 is 3.81. The third kappa shape index (κ3) is 1.94. The van der Waals surface area contributed by atoms with Crippen LogP contribution in [0.2, 0.25) is 0 Å². The van der Waals surface area contributed by atoms with Gasteiger partial charge in [-0.1, -0.05) is 6.07 Å². The van der Waals surface area contributed by atoms with Crippen LogP contribution in [-0.2, 0) is 19.4 Å². The van der Waals surface area contributed by atoms with Crippen molar-refractivity contribution in [3.05, 3.63) is 33.4 Å². The second-order valence-electron chi connectivity index (χ2n) is 6.30. The molecule has 106 valence electrons. The second-order valence-corrected chi connectivity index (χ2v) is 7.10. The molecule has 1 unspecified atom stereocenters. The Morgan fingerprint density at radius 3 is 3.05 bits per heavy atom. The lowest BCUT2D eigenvalue weighted by Crippen LogP contribution is -2.23. The van der Waals surface area contributed by atoms with E-state index in [0.717, 1.165) is 0 Å². The first-order valence-electron chi connectivity index (χ1n) is 7.77. The molecule has 1 saturated heterocycles. The van der Waals surface area contributed by atoms with E-state index in [9.17, 15) is 0 Å². The van der Waals surface area contributed by atoms with Gasteiger partial charge in [0.15, 0.2) is 0 Å². The standard InChI is InChI=1S/C17H21BrN2/c1-11-16(18)15-10-12(9-14-5-2-6-19-14)8-13-4-3-7-20(11)17(13)15/h8,10,14,19H,2-7,9H2,1H3. The van der Waals surface area contributed by atoms with Crippen LogP contribution in [0.5, 0.6) is 0 Å². The Balaban J connectivity index is 1.82. The largest absolute Gasteiger partial charge is 0.343 e. The predicted molar refractivity (Wildman–Crippen MR) is 87.4 cm³/mol. The number of hydrogen-bond donors (Lipinski definition) is 1. The summed E-state index contributed by atoms with van der Waals surface area (Å²) in [6.45, 7) is 4.60. The van der Waals surface area contributed by atoms with E-state index in [2.05, 4.69) is 44.9 Å². The first-order chi connectivity index (χ1) is 9.74. The fraction of sp³-hybridized carbons (Fsp3) is 0.529. The molecule has 1 N–H and O–H groups in total. The van der Waals surface area contributed by atoms with Crippen LogP contribution >= 0.6 is 15.9 Å². The van der Waals surface area contributed by atoms with Crippen LogP contribution in [0.3, 0.4) is 0 Å². The summed E-state index contributed by atoms with van der Waals surface area (Å²) in [5.41, 5.74) is 5.92. The summed E-state index contributed by atoms with van der Waals surface area (Å²) in [6, 6.07) is 5.56. The Kier molecular flexibility index (Phi) is 3.15. The molecule has 2 aliphatic rings. The minimum atomic E-state index is 0.685. The highest BCUT2D eigenvalue weighted by Crippen LogP contribution is 2.37. The van der Waals surface area contributed by atoms with Crippen LogP contribution in [0, 0.1) is 6.92 Å². The van der Waals surface area contributed by atoms with Gasteiger partial charge in [-0.2, -0.15) is 0 Å². The van der Waals surface area contributed by atoms with Gasteiger partial charge >= 0.3 is 0 Å². The zero-order valence-corrected chi connectivity index (χ0v) is 13.6. The van der Waals surface area contributed by atoms with Crippen LogP contribution in [0.1, 0.15) is 36.1 Å². The van der Waals surface area contributed by atoms with Gasteiger partial charge in [-0.15, -0.1) is 0 Å². The third-order valence-corrected chi connectivity index (χ3v) is 5.95. The summed E-state index contributed by atoms with van der Waals surface area (Å²) < 4.78 is 3.80. The molecule has 20 heavy (non-hydrogen) atoms. The van der Waals surface area contributed by atoms with Gasteiger partial charge in [0.2, 0.25) is 0 Å². The van der Waals surface area contributed by atoms with Crippen LogP contribution in [0.15, 0.2) is 16.6 Å². The van der Waals surface area contributed by atoms with Gasteiger partial charge in [0, 0.05) is 28.1 Å². The van der Waals surface area contributed by atoms with Gasteiger partial charge in [-0.05, 0) is 78.7 Å². The number of aryl methyl sites for hydroxylation is 2.